The number of aromatic nitrogens is 1. The molecule has 1 saturated carbocycles. The number of carbonyl (C=O) groups is 1. The molecule has 0 unspecified atom stereocenters. The minimum Gasteiger partial charge on any atom is -0.330 e. The van der Waals surface area contributed by atoms with E-state index in [1.165, 1.54) is 24.1 Å². The van der Waals surface area contributed by atoms with Crippen molar-refractivity contribution < 1.29 is 9.18 Å². The molecule has 2 saturated heterocycles. The van der Waals surface area contributed by atoms with Crippen LogP contribution in [0.3, 0.4) is 0 Å². The van der Waals surface area contributed by atoms with Gasteiger partial charge in [-0.25, -0.2) is 4.39 Å². The first-order chi connectivity index (χ1) is 17.0. The number of carbonyl (C=O) groups excluding carboxylic acids is 1. The summed E-state index contributed by atoms with van der Waals surface area (Å²) in [4.78, 5) is 20.9. The van der Waals surface area contributed by atoms with Gasteiger partial charge in [-0.05, 0) is 67.5 Å². The van der Waals surface area contributed by atoms with Gasteiger partial charge in [0.2, 0.25) is 0 Å². The van der Waals surface area contributed by atoms with E-state index in [1.807, 2.05) is 18.2 Å². The topological polar surface area (TPSA) is 45.2 Å². The molecule has 6 rings (SSSR count). The van der Waals surface area contributed by atoms with Gasteiger partial charge in [0.25, 0.3) is 5.91 Å². The highest BCUT2D eigenvalue weighted by Crippen LogP contribution is 2.52. The molecule has 1 aromatic heterocycles. The third-order valence-electron chi connectivity index (χ3n) is 8.65. The number of benzene rings is 2. The van der Waals surface area contributed by atoms with E-state index in [0.29, 0.717) is 24.1 Å². The van der Waals surface area contributed by atoms with Crippen LogP contribution in [0.1, 0.15) is 59.8 Å². The highest BCUT2D eigenvalue weighted by atomic mass is 19.1. The fourth-order valence-electron chi connectivity index (χ4n) is 6.88. The van der Waals surface area contributed by atoms with E-state index in [1.54, 1.807) is 18.3 Å². The summed E-state index contributed by atoms with van der Waals surface area (Å²) in [7, 11) is 0. The van der Waals surface area contributed by atoms with Gasteiger partial charge in [-0.2, -0.15) is 0 Å². The van der Waals surface area contributed by atoms with Crippen molar-refractivity contribution in [2.75, 3.05) is 0 Å². The summed E-state index contributed by atoms with van der Waals surface area (Å²) < 4.78 is 13.2. The van der Waals surface area contributed by atoms with Crippen molar-refractivity contribution >= 4 is 5.91 Å². The number of pyridine rings is 1. The Labute approximate surface area is 206 Å². The number of likely N-dealkylation sites (tertiary alicyclic amines) is 1. The minimum atomic E-state index is -0.239. The Morgan fingerprint density at radius 3 is 2.60 bits per heavy atom. The Hall–Kier alpha value is -3.05. The van der Waals surface area contributed by atoms with Gasteiger partial charge < -0.3 is 10.2 Å². The van der Waals surface area contributed by atoms with Crippen LogP contribution in [0.25, 0.3) is 0 Å². The maximum Gasteiger partial charge on any atom is 0.256 e. The number of nitrogens with one attached hydrogen (secondary N) is 1. The lowest BCUT2D eigenvalue weighted by Gasteiger charge is -2.53. The Bertz CT molecular complexity index is 1200. The number of hydrogen-bond donors (Lipinski definition) is 1. The zero-order valence-corrected chi connectivity index (χ0v) is 20.2. The quantitative estimate of drug-likeness (QED) is 0.561. The lowest BCUT2D eigenvalue weighted by molar-refractivity contribution is -0.0111. The van der Waals surface area contributed by atoms with Crippen molar-refractivity contribution in [2.45, 2.75) is 69.6 Å². The number of halogens is 1. The molecular weight excluding hydrogens is 437 g/mol. The molecule has 0 radical (unpaired) electrons. The Morgan fingerprint density at radius 2 is 1.86 bits per heavy atom. The number of piperidine rings is 1. The van der Waals surface area contributed by atoms with E-state index >= 15 is 0 Å². The average molecular weight is 470 g/mol. The zero-order valence-electron chi connectivity index (χ0n) is 20.2. The lowest BCUT2D eigenvalue weighted by atomic mass is 9.64. The Kier molecular flexibility index (Phi) is 5.68. The van der Waals surface area contributed by atoms with Gasteiger partial charge in [0, 0.05) is 41.9 Å². The van der Waals surface area contributed by atoms with Crippen LogP contribution in [0.5, 0.6) is 0 Å². The molecular formula is C30H32FN3O. The normalized spacial score (nSPS) is 29.3. The van der Waals surface area contributed by atoms with Crippen LogP contribution < -0.4 is 5.32 Å². The average Bonchev–Trinajstić information content (AvgIpc) is 3.23. The van der Waals surface area contributed by atoms with E-state index in [4.69, 9.17) is 0 Å². The molecule has 5 heteroatoms. The van der Waals surface area contributed by atoms with Crippen LogP contribution in [-0.2, 0) is 12.8 Å². The van der Waals surface area contributed by atoms with Gasteiger partial charge in [-0.1, -0.05) is 49.4 Å². The molecule has 2 aromatic carbocycles. The largest absolute Gasteiger partial charge is 0.330 e. The SMILES string of the molecule is C[C@]12C[C@@H]3N[C@H]1CCC[C@H]2N(C(=O)c1ccc(Cc2ccc(F)cc2)nc1)[C@H]3Cc1ccccc1. The van der Waals surface area contributed by atoms with E-state index < -0.39 is 0 Å². The van der Waals surface area contributed by atoms with Crippen LogP contribution in [-0.4, -0.2) is 40.0 Å². The van der Waals surface area contributed by atoms with Crippen LogP contribution >= 0.6 is 0 Å². The van der Waals surface area contributed by atoms with Gasteiger partial charge in [-0.15, -0.1) is 0 Å². The van der Waals surface area contributed by atoms with E-state index in [0.717, 1.165) is 36.9 Å². The molecule has 0 spiro atoms. The first kappa shape index (κ1) is 22.4. The predicted octanol–water partition coefficient (Wildman–Crippen LogP) is 5.17. The maximum absolute atomic E-state index is 14.1. The summed E-state index contributed by atoms with van der Waals surface area (Å²) in [5.74, 6) is -0.145. The Morgan fingerprint density at radius 1 is 1.06 bits per heavy atom. The Balaban J connectivity index is 1.29. The highest BCUT2D eigenvalue weighted by Gasteiger charge is 2.60. The number of hydrogen-bond acceptors (Lipinski definition) is 3. The molecule has 1 aliphatic carbocycles. The molecule has 3 aliphatic rings. The van der Waals surface area contributed by atoms with Crippen LogP contribution in [0, 0.1) is 11.2 Å². The van der Waals surface area contributed by atoms with E-state index in [2.05, 4.69) is 46.4 Å². The minimum absolute atomic E-state index is 0.0945. The van der Waals surface area contributed by atoms with Gasteiger partial charge >= 0.3 is 0 Å². The summed E-state index contributed by atoms with van der Waals surface area (Å²) in [6.45, 7) is 2.39. The monoisotopic (exact) mass is 469 g/mol. The van der Waals surface area contributed by atoms with Crippen LogP contribution in [0.2, 0.25) is 0 Å². The third kappa shape index (κ3) is 4.06. The van der Waals surface area contributed by atoms with Crippen molar-refractivity contribution in [1.82, 2.24) is 15.2 Å². The van der Waals surface area contributed by atoms with Gasteiger partial charge in [0.15, 0.2) is 0 Å². The number of amides is 1. The second-order valence-electron chi connectivity index (χ2n) is 10.8. The number of rotatable bonds is 5. The summed E-state index contributed by atoms with van der Waals surface area (Å²) >= 11 is 0. The first-order valence-corrected chi connectivity index (χ1v) is 12.8. The predicted molar refractivity (Wildman–Crippen MR) is 135 cm³/mol. The van der Waals surface area contributed by atoms with Crippen LogP contribution in [0.15, 0.2) is 72.9 Å². The van der Waals surface area contributed by atoms with Crippen molar-refractivity contribution in [3.63, 3.8) is 0 Å². The van der Waals surface area contributed by atoms with E-state index in [-0.39, 0.29) is 29.2 Å². The molecule has 1 amide bonds. The molecule has 2 aliphatic heterocycles. The standard InChI is InChI=1S/C30H32FN3O/c1-30-18-25-26(17-20-6-3-2-4-7-20)34(28(30)9-5-8-27(30)33-25)29(35)22-12-15-24(32-19-22)16-21-10-13-23(31)14-11-21/h2-4,6-7,10-15,19,25-28,33H,5,8-9,16-18H2,1H3/t25-,26-,27-,28+,30-/m0/s1. The first-order valence-electron chi connectivity index (χ1n) is 12.8. The van der Waals surface area contributed by atoms with Gasteiger partial charge in [0.05, 0.1) is 11.6 Å². The highest BCUT2D eigenvalue weighted by molar-refractivity contribution is 5.94. The fourth-order valence-corrected chi connectivity index (χ4v) is 6.88. The second-order valence-corrected chi connectivity index (χ2v) is 10.8. The van der Waals surface area contributed by atoms with Crippen molar-refractivity contribution in [3.8, 4) is 0 Å². The van der Waals surface area contributed by atoms with E-state index in [9.17, 15) is 9.18 Å². The van der Waals surface area contributed by atoms with Crippen molar-refractivity contribution in [3.05, 3.63) is 101 Å². The van der Waals surface area contributed by atoms with Crippen molar-refractivity contribution in [2.24, 2.45) is 5.41 Å². The second kappa shape index (κ2) is 8.87. The molecule has 4 nitrogen and oxygen atoms in total. The number of nitrogens with zero attached hydrogens (tertiary/aromatic N) is 2. The third-order valence-corrected chi connectivity index (χ3v) is 8.65. The van der Waals surface area contributed by atoms with Crippen molar-refractivity contribution in [1.29, 1.82) is 0 Å². The van der Waals surface area contributed by atoms with Crippen LogP contribution in [0.4, 0.5) is 4.39 Å². The van der Waals surface area contributed by atoms with Gasteiger partial charge in [-0.3, -0.25) is 9.78 Å². The molecule has 3 fully saturated rings. The summed E-state index contributed by atoms with van der Waals surface area (Å²) in [5, 5.41) is 3.94. The summed E-state index contributed by atoms with van der Waals surface area (Å²) in [6, 6.07) is 22.1. The molecule has 3 aromatic rings. The lowest BCUT2D eigenvalue weighted by Crippen LogP contribution is -2.62. The number of fused-ring (bicyclic) bond motifs is 1. The molecule has 3 heterocycles. The molecule has 180 valence electrons. The molecule has 35 heavy (non-hydrogen) atoms. The molecule has 2 bridgehead atoms. The van der Waals surface area contributed by atoms with Gasteiger partial charge in [0.1, 0.15) is 5.82 Å². The molecule has 5 atom stereocenters. The summed E-state index contributed by atoms with van der Waals surface area (Å²) in [6.07, 6.45) is 7.76. The summed E-state index contributed by atoms with van der Waals surface area (Å²) in [5.41, 5.74) is 3.93. The zero-order chi connectivity index (χ0) is 24.0. The maximum atomic E-state index is 14.1. The fraction of sp³-hybridized carbons (Fsp3) is 0.400. The molecule has 1 N–H and O–H groups in total. The smallest absolute Gasteiger partial charge is 0.256 e.